The Balaban J connectivity index is 2.51. The van der Waals surface area contributed by atoms with E-state index in [-0.39, 0.29) is 6.54 Å². The van der Waals surface area contributed by atoms with Crippen LogP contribution in [0, 0.1) is 0 Å². The number of rotatable bonds is 6. The molecule has 3 N–H and O–H groups in total. The van der Waals surface area contributed by atoms with Crippen LogP contribution in [0.25, 0.3) is 0 Å². The zero-order chi connectivity index (χ0) is 14.3. The Bertz CT molecular complexity index is 489. The molecule has 0 bridgehead atoms. The van der Waals surface area contributed by atoms with Crippen LogP contribution in [-0.4, -0.2) is 48.1 Å². The topological polar surface area (TPSA) is 118 Å². The van der Waals surface area contributed by atoms with Crippen molar-refractivity contribution < 1.29 is 24.2 Å². The summed E-state index contributed by atoms with van der Waals surface area (Å²) in [6.07, 6.45) is 1.39. The molecule has 0 spiro atoms. The third-order valence-corrected chi connectivity index (χ3v) is 2.05. The van der Waals surface area contributed by atoms with E-state index in [1.165, 1.54) is 25.4 Å². The lowest BCUT2D eigenvalue weighted by molar-refractivity contribution is -0.137. The number of anilines is 1. The fraction of sp³-hybridized carbons (Fsp3) is 0.273. The van der Waals surface area contributed by atoms with Crippen molar-refractivity contribution in [3.05, 3.63) is 23.9 Å². The van der Waals surface area contributed by atoms with Crippen LogP contribution in [0.2, 0.25) is 0 Å². The minimum atomic E-state index is -1.13. The van der Waals surface area contributed by atoms with Gasteiger partial charge in [0, 0.05) is 6.20 Å². The molecule has 1 rings (SSSR count). The number of esters is 1. The molecule has 102 valence electrons. The van der Waals surface area contributed by atoms with Crippen LogP contribution < -0.4 is 10.6 Å². The summed E-state index contributed by atoms with van der Waals surface area (Å²) in [5, 5.41) is 13.2. The molecular weight excluding hydrogens is 254 g/mol. The van der Waals surface area contributed by atoms with Crippen LogP contribution in [0.5, 0.6) is 0 Å². The summed E-state index contributed by atoms with van der Waals surface area (Å²) in [6.45, 7) is -0.596. The number of ether oxygens (including phenoxy) is 1. The SMILES string of the molecule is COC(=O)c1ccnc(NCC(=O)NCC(=O)O)c1. The van der Waals surface area contributed by atoms with Gasteiger partial charge >= 0.3 is 11.9 Å². The fourth-order valence-electron chi connectivity index (χ4n) is 1.18. The van der Waals surface area contributed by atoms with Crippen molar-refractivity contribution in [2.45, 2.75) is 0 Å². The van der Waals surface area contributed by atoms with Crippen molar-refractivity contribution in [1.82, 2.24) is 10.3 Å². The van der Waals surface area contributed by atoms with Gasteiger partial charge in [-0.3, -0.25) is 9.59 Å². The molecule has 0 unspecified atom stereocenters. The van der Waals surface area contributed by atoms with Crippen molar-refractivity contribution in [3.63, 3.8) is 0 Å². The Hall–Kier alpha value is -2.64. The third-order valence-electron chi connectivity index (χ3n) is 2.05. The Morgan fingerprint density at radius 3 is 2.74 bits per heavy atom. The lowest BCUT2D eigenvalue weighted by Gasteiger charge is -2.06. The van der Waals surface area contributed by atoms with E-state index in [9.17, 15) is 14.4 Å². The van der Waals surface area contributed by atoms with E-state index in [2.05, 4.69) is 20.4 Å². The van der Waals surface area contributed by atoms with Crippen LogP contribution >= 0.6 is 0 Å². The van der Waals surface area contributed by atoms with Gasteiger partial charge in [0.15, 0.2) is 0 Å². The first-order valence-corrected chi connectivity index (χ1v) is 5.29. The van der Waals surface area contributed by atoms with E-state index in [0.717, 1.165) is 0 Å². The Labute approximate surface area is 108 Å². The highest BCUT2D eigenvalue weighted by atomic mass is 16.5. The normalized spacial score (nSPS) is 9.53. The second-order valence-corrected chi connectivity index (χ2v) is 3.45. The highest BCUT2D eigenvalue weighted by Crippen LogP contribution is 2.07. The highest BCUT2D eigenvalue weighted by Gasteiger charge is 2.08. The summed E-state index contributed by atoms with van der Waals surface area (Å²) in [6, 6.07) is 2.90. The standard InChI is InChI=1S/C11H13N3O5/c1-19-11(18)7-2-3-12-8(4-7)13-5-9(15)14-6-10(16)17/h2-4H,5-6H2,1H3,(H,12,13)(H,14,15)(H,16,17). The molecule has 0 saturated heterocycles. The number of carbonyl (C=O) groups excluding carboxylic acids is 2. The van der Waals surface area contributed by atoms with E-state index in [0.29, 0.717) is 11.4 Å². The van der Waals surface area contributed by atoms with Gasteiger partial charge in [-0.15, -0.1) is 0 Å². The minimum Gasteiger partial charge on any atom is -0.480 e. The molecule has 8 nitrogen and oxygen atoms in total. The summed E-state index contributed by atoms with van der Waals surface area (Å²) in [5.74, 6) is -1.82. The van der Waals surface area contributed by atoms with Gasteiger partial charge < -0.3 is 20.5 Å². The zero-order valence-electron chi connectivity index (χ0n) is 10.2. The summed E-state index contributed by atoms with van der Waals surface area (Å²) < 4.78 is 4.54. The van der Waals surface area contributed by atoms with Crippen LogP contribution in [0.3, 0.4) is 0 Å². The molecule has 1 aromatic heterocycles. The summed E-state index contributed by atoms with van der Waals surface area (Å²) in [7, 11) is 1.26. The average molecular weight is 267 g/mol. The molecule has 0 aliphatic rings. The smallest absolute Gasteiger partial charge is 0.338 e. The monoisotopic (exact) mass is 267 g/mol. The van der Waals surface area contributed by atoms with Crippen LogP contribution in [-0.2, 0) is 14.3 Å². The average Bonchev–Trinajstić information content (AvgIpc) is 2.42. The molecule has 0 atom stereocenters. The van der Waals surface area contributed by atoms with Gasteiger partial charge in [0.2, 0.25) is 5.91 Å². The molecule has 0 fully saturated rings. The molecule has 1 heterocycles. The molecule has 19 heavy (non-hydrogen) atoms. The highest BCUT2D eigenvalue weighted by molar-refractivity contribution is 5.90. The number of pyridine rings is 1. The first-order valence-electron chi connectivity index (χ1n) is 5.29. The van der Waals surface area contributed by atoms with Crippen molar-refractivity contribution in [1.29, 1.82) is 0 Å². The fourth-order valence-corrected chi connectivity index (χ4v) is 1.18. The maximum Gasteiger partial charge on any atom is 0.338 e. The number of methoxy groups -OCH3 is 1. The quantitative estimate of drug-likeness (QED) is 0.593. The molecule has 1 aromatic rings. The molecule has 1 amide bonds. The first-order chi connectivity index (χ1) is 9.02. The number of carboxylic acids is 1. The summed E-state index contributed by atoms with van der Waals surface area (Å²) >= 11 is 0. The number of aliphatic carboxylic acids is 1. The van der Waals surface area contributed by atoms with E-state index >= 15 is 0 Å². The number of aromatic nitrogens is 1. The number of nitrogens with zero attached hydrogens (tertiary/aromatic N) is 1. The second-order valence-electron chi connectivity index (χ2n) is 3.45. The van der Waals surface area contributed by atoms with Gasteiger partial charge in [0.25, 0.3) is 0 Å². The van der Waals surface area contributed by atoms with E-state index in [4.69, 9.17) is 5.11 Å². The minimum absolute atomic E-state index is 0.148. The number of carboxylic acid groups (broad SMARTS) is 1. The Morgan fingerprint density at radius 1 is 1.37 bits per heavy atom. The molecule has 0 saturated carbocycles. The van der Waals surface area contributed by atoms with Crippen molar-refractivity contribution >= 4 is 23.7 Å². The van der Waals surface area contributed by atoms with Gasteiger partial charge in [-0.1, -0.05) is 0 Å². The van der Waals surface area contributed by atoms with E-state index < -0.39 is 24.4 Å². The Kier molecular flexibility index (Phi) is 5.27. The zero-order valence-corrected chi connectivity index (χ0v) is 10.2. The van der Waals surface area contributed by atoms with Crippen LogP contribution in [0.15, 0.2) is 18.3 Å². The second kappa shape index (κ2) is 6.94. The molecular formula is C11H13N3O5. The van der Waals surface area contributed by atoms with Gasteiger partial charge in [0.1, 0.15) is 12.4 Å². The number of amides is 1. The van der Waals surface area contributed by atoms with E-state index in [1.54, 1.807) is 0 Å². The molecule has 0 aromatic carbocycles. The largest absolute Gasteiger partial charge is 0.480 e. The van der Waals surface area contributed by atoms with Crippen molar-refractivity contribution in [2.24, 2.45) is 0 Å². The third kappa shape index (κ3) is 5.02. The number of carbonyl (C=O) groups is 3. The van der Waals surface area contributed by atoms with Crippen LogP contribution in [0.4, 0.5) is 5.82 Å². The maximum atomic E-state index is 11.3. The molecule has 0 radical (unpaired) electrons. The lowest BCUT2D eigenvalue weighted by Crippen LogP contribution is -2.34. The lowest BCUT2D eigenvalue weighted by atomic mass is 10.2. The maximum absolute atomic E-state index is 11.3. The van der Waals surface area contributed by atoms with Crippen LogP contribution in [0.1, 0.15) is 10.4 Å². The van der Waals surface area contributed by atoms with E-state index in [1.807, 2.05) is 0 Å². The van der Waals surface area contributed by atoms with Crippen molar-refractivity contribution in [3.8, 4) is 0 Å². The van der Waals surface area contributed by atoms with Gasteiger partial charge in [-0.05, 0) is 12.1 Å². The predicted octanol–water partition coefficient (Wildman–Crippen LogP) is -0.519. The Morgan fingerprint density at radius 2 is 2.11 bits per heavy atom. The number of hydrogen-bond donors (Lipinski definition) is 3. The summed E-state index contributed by atoms with van der Waals surface area (Å²) in [5.41, 5.74) is 0.297. The predicted molar refractivity (Wildman–Crippen MR) is 64.7 cm³/mol. The molecule has 8 heteroatoms. The van der Waals surface area contributed by atoms with Gasteiger partial charge in [-0.25, -0.2) is 9.78 Å². The number of hydrogen-bond acceptors (Lipinski definition) is 6. The summed E-state index contributed by atoms with van der Waals surface area (Å²) in [4.78, 5) is 36.6. The number of nitrogens with one attached hydrogen (secondary N) is 2. The van der Waals surface area contributed by atoms with Gasteiger partial charge in [0.05, 0.1) is 19.2 Å². The van der Waals surface area contributed by atoms with Gasteiger partial charge in [-0.2, -0.15) is 0 Å². The van der Waals surface area contributed by atoms with Crippen molar-refractivity contribution in [2.75, 3.05) is 25.5 Å². The molecule has 0 aliphatic heterocycles. The molecule has 0 aliphatic carbocycles. The first kappa shape index (κ1) is 14.4.